The predicted octanol–water partition coefficient (Wildman–Crippen LogP) is 5.51. The van der Waals surface area contributed by atoms with Crippen molar-refractivity contribution in [3.05, 3.63) is 35.9 Å². The molecule has 1 saturated heterocycles. The maximum absolute atomic E-state index is 12.2. The molecule has 148 valence electrons. The fourth-order valence-corrected chi connectivity index (χ4v) is 4.67. The topological polar surface area (TPSA) is 23.6 Å². The quantitative estimate of drug-likeness (QED) is 0.661. The second-order valence-corrected chi connectivity index (χ2v) is 8.28. The third kappa shape index (κ3) is 4.39. The van der Waals surface area contributed by atoms with Gasteiger partial charge in [0.2, 0.25) is 5.91 Å². The molecule has 0 N–H and O–H groups in total. The second-order valence-electron chi connectivity index (χ2n) is 8.28. The minimum Gasteiger partial charge on any atom is -0.367 e. The van der Waals surface area contributed by atoms with Crippen molar-refractivity contribution >= 4 is 17.2 Å². The van der Waals surface area contributed by atoms with E-state index in [9.17, 15) is 4.79 Å². The number of amides is 1. The monoisotopic (exact) mass is 368 g/mol. The third-order valence-corrected chi connectivity index (χ3v) is 6.89. The van der Waals surface area contributed by atoms with Crippen LogP contribution in [0.2, 0.25) is 0 Å². The van der Waals surface area contributed by atoms with Crippen molar-refractivity contribution in [2.24, 2.45) is 5.41 Å². The van der Waals surface area contributed by atoms with Crippen LogP contribution in [0.3, 0.4) is 0 Å². The van der Waals surface area contributed by atoms with Crippen LogP contribution in [-0.4, -0.2) is 37.0 Å². The van der Waals surface area contributed by atoms with Crippen LogP contribution in [-0.2, 0) is 4.79 Å². The Morgan fingerprint density at radius 3 is 2.33 bits per heavy atom. The lowest BCUT2D eigenvalue weighted by molar-refractivity contribution is -0.131. The highest BCUT2D eigenvalue weighted by Crippen LogP contribution is 2.44. The smallest absolute Gasteiger partial charge is 0.222 e. The predicted molar refractivity (Wildman–Crippen MR) is 115 cm³/mol. The van der Waals surface area contributed by atoms with Gasteiger partial charge in [0.1, 0.15) is 0 Å². The van der Waals surface area contributed by atoms with Gasteiger partial charge >= 0.3 is 0 Å². The zero-order valence-electron chi connectivity index (χ0n) is 17.5. The number of carbonyl (C=O) groups excluding carboxylic acids is 1. The van der Waals surface area contributed by atoms with E-state index in [1.165, 1.54) is 48.9 Å². The van der Waals surface area contributed by atoms with Crippen LogP contribution in [0.5, 0.6) is 0 Å². The van der Waals surface area contributed by atoms with Crippen molar-refractivity contribution in [3.63, 3.8) is 0 Å². The van der Waals surface area contributed by atoms with E-state index in [-0.39, 0.29) is 0 Å². The lowest BCUT2D eigenvalue weighted by Gasteiger charge is -2.38. The summed E-state index contributed by atoms with van der Waals surface area (Å²) in [7, 11) is 0. The zero-order valence-corrected chi connectivity index (χ0v) is 17.5. The van der Waals surface area contributed by atoms with E-state index < -0.39 is 0 Å². The number of hydrogen-bond acceptors (Lipinski definition) is 2. The molecule has 1 aliphatic heterocycles. The van der Waals surface area contributed by atoms with E-state index in [1.807, 2.05) is 4.90 Å². The molecule has 0 atom stereocenters. The number of carbonyl (C=O) groups is 1. The Balaban J connectivity index is 1.73. The summed E-state index contributed by atoms with van der Waals surface area (Å²) in [4.78, 5) is 16.7. The fraction of sp³-hybridized carbons (Fsp3) is 0.625. The molecule has 1 amide bonds. The molecule has 0 bridgehead atoms. The van der Waals surface area contributed by atoms with Crippen LogP contribution in [0, 0.1) is 5.41 Å². The van der Waals surface area contributed by atoms with Crippen molar-refractivity contribution in [2.45, 2.75) is 65.7 Å². The molecule has 1 aromatic carbocycles. The summed E-state index contributed by atoms with van der Waals surface area (Å²) in [6, 6.07) is 8.88. The number of allylic oxidation sites excluding steroid dienone is 2. The van der Waals surface area contributed by atoms with E-state index in [2.05, 4.69) is 56.0 Å². The molecule has 1 aromatic rings. The summed E-state index contributed by atoms with van der Waals surface area (Å²) in [5.74, 6) is 0.316. The first-order valence-corrected chi connectivity index (χ1v) is 10.9. The number of rotatable bonds is 6. The fourth-order valence-electron chi connectivity index (χ4n) is 4.67. The minimum absolute atomic E-state index is 0.316. The Labute approximate surface area is 165 Å². The van der Waals surface area contributed by atoms with E-state index in [1.54, 1.807) is 0 Å². The molecule has 2 aliphatic rings. The van der Waals surface area contributed by atoms with Gasteiger partial charge in [-0.05, 0) is 42.7 Å². The van der Waals surface area contributed by atoms with Crippen LogP contribution in [0.25, 0.3) is 5.57 Å². The van der Waals surface area contributed by atoms with Crippen molar-refractivity contribution in [1.82, 2.24) is 4.90 Å². The number of anilines is 1. The first kappa shape index (κ1) is 20.0. The average Bonchev–Trinajstić information content (AvgIpc) is 2.74. The molecular formula is C24H36N2O. The molecule has 0 spiro atoms. The summed E-state index contributed by atoms with van der Waals surface area (Å²) in [6.45, 7) is 10.3. The highest BCUT2D eigenvalue weighted by molar-refractivity contribution is 5.79. The van der Waals surface area contributed by atoms with Gasteiger partial charge in [0.15, 0.2) is 0 Å². The Morgan fingerprint density at radius 2 is 1.74 bits per heavy atom. The maximum atomic E-state index is 12.2. The van der Waals surface area contributed by atoms with Gasteiger partial charge in [0.05, 0.1) is 0 Å². The molecule has 0 saturated carbocycles. The average molecular weight is 369 g/mol. The van der Waals surface area contributed by atoms with Gasteiger partial charge in [0, 0.05) is 43.9 Å². The number of hydrogen-bond donors (Lipinski definition) is 0. The van der Waals surface area contributed by atoms with Crippen LogP contribution in [0.1, 0.15) is 71.3 Å². The van der Waals surface area contributed by atoms with Gasteiger partial charge in [-0.3, -0.25) is 4.79 Å². The molecule has 3 rings (SSSR count). The summed E-state index contributed by atoms with van der Waals surface area (Å²) >= 11 is 0. The van der Waals surface area contributed by atoms with E-state index in [0.29, 0.717) is 17.7 Å². The Morgan fingerprint density at radius 1 is 1.04 bits per heavy atom. The SMILES string of the molecule is CCCC(=O)N1CCN(c2ccccc2C2=CCC(CC)(CC)CC2)CC1. The standard InChI is InChI=1S/C24H36N2O/c1-4-9-23(27)26-18-16-25(17-19-26)22-11-8-7-10-21(22)20-12-14-24(5-2,6-3)15-13-20/h7-8,10-12H,4-6,9,13-19H2,1-3H3. The van der Waals surface area contributed by atoms with Gasteiger partial charge < -0.3 is 9.80 Å². The Hall–Kier alpha value is -1.77. The van der Waals surface area contributed by atoms with Crippen molar-refractivity contribution in [1.29, 1.82) is 0 Å². The molecule has 0 radical (unpaired) electrons. The Bertz CT molecular complexity index is 667. The van der Waals surface area contributed by atoms with E-state index >= 15 is 0 Å². The van der Waals surface area contributed by atoms with E-state index in [0.717, 1.165) is 32.6 Å². The van der Waals surface area contributed by atoms with Crippen LogP contribution < -0.4 is 4.90 Å². The van der Waals surface area contributed by atoms with E-state index in [4.69, 9.17) is 0 Å². The molecule has 27 heavy (non-hydrogen) atoms. The first-order valence-electron chi connectivity index (χ1n) is 10.9. The summed E-state index contributed by atoms with van der Waals surface area (Å²) in [5.41, 5.74) is 4.80. The van der Waals surface area contributed by atoms with Crippen LogP contribution >= 0.6 is 0 Å². The molecule has 0 unspecified atom stereocenters. The molecule has 1 aliphatic carbocycles. The number of benzene rings is 1. The maximum Gasteiger partial charge on any atom is 0.222 e. The molecule has 1 heterocycles. The molecule has 3 heteroatoms. The normalized spacial score (nSPS) is 19.7. The molecule has 0 aromatic heterocycles. The summed E-state index contributed by atoms with van der Waals surface area (Å²) in [5, 5.41) is 0. The van der Waals surface area contributed by atoms with Crippen LogP contribution in [0.4, 0.5) is 5.69 Å². The van der Waals surface area contributed by atoms with Gasteiger partial charge in [-0.1, -0.05) is 57.9 Å². The van der Waals surface area contributed by atoms with Crippen molar-refractivity contribution < 1.29 is 4.79 Å². The summed E-state index contributed by atoms with van der Waals surface area (Å²) in [6.07, 6.45) is 10.4. The zero-order chi connectivity index (χ0) is 19.3. The third-order valence-electron chi connectivity index (χ3n) is 6.89. The lowest BCUT2D eigenvalue weighted by Crippen LogP contribution is -2.49. The van der Waals surface area contributed by atoms with Gasteiger partial charge in [0.25, 0.3) is 0 Å². The van der Waals surface area contributed by atoms with Gasteiger partial charge in [-0.2, -0.15) is 0 Å². The lowest BCUT2D eigenvalue weighted by atomic mass is 9.70. The highest BCUT2D eigenvalue weighted by Gasteiger charge is 2.29. The Kier molecular flexibility index (Phi) is 6.62. The number of nitrogens with zero attached hydrogens (tertiary/aromatic N) is 2. The summed E-state index contributed by atoms with van der Waals surface area (Å²) < 4.78 is 0. The van der Waals surface area contributed by atoms with Crippen molar-refractivity contribution in [2.75, 3.05) is 31.1 Å². The second kappa shape index (κ2) is 8.95. The van der Waals surface area contributed by atoms with Gasteiger partial charge in [-0.15, -0.1) is 0 Å². The van der Waals surface area contributed by atoms with Crippen LogP contribution in [0.15, 0.2) is 30.3 Å². The van der Waals surface area contributed by atoms with Gasteiger partial charge in [-0.25, -0.2) is 0 Å². The first-order chi connectivity index (χ1) is 13.1. The number of para-hydroxylation sites is 1. The number of piperazine rings is 1. The molecular weight excluding hydrogens is 332 g/mol. The van der Waals surface area contributed by atoms with Crippen molar-refractivity contribution in [3.8, 4) is 0 Å². The largest absolute Gasteiger partial charge is 0.367 e. The molecule has 1 fully saturated rings. The molecule has 3 nitrogen and oxygen atoms in total. The minimum atomic E-state index is 0.316. The highest BCUT2D eigenvalue weighted by atomic mass is 16.2.